The number of phosphoric ester groups is 1. The van der Waals surface area contributed by atoms with Crippen LogP contribution in [0.5, 0.6) is 0 Å². The minimum Gasteiger partial charge on any atom is -0.387 e. The number of hydrogen-bond acceptors (Lipinski definition) is 5. The van der Waals surface area contributed by atoms with Gasteiger partial charge in [0.25, 0.3) is 0 Å². The van der Waals surface area contributed by atoms with Crippen molar-refractivity contribution in [1.29, 1.82) is 0 Å². The summed E-state index contributed by atoms with van der Waals surface area (Å²) in [7, 11) is 1.56. The number of quaternary nitrogens is 1. The van der Waals surface area contributed by atoms with E-state index in [1.165, 1.54) is 199 Å². The number of aliphatic hydroxyl groups excluding tert-OH is 1. The Morgan fingerprint density at radius 3 is 1.28 bits per heavy atom. The van der Waals surface area contributed by atoms with Gasteiger partial charge < -0.3 is 19.8 Å². The van der Waals surface area contributed by atoms with Crippen LogP contribution in [0, 0.1) is 0 Å². The summed E-state index contributed by atoms with van der Waals surface area (Å²) in [5.74, 6) is -0.186. The molecule has 3 unspecified atom stereocenters. The minimum absolute atomic E-state index is 0.0562. The number of unbranched alkanes of at least 4 members (excludes halogenated alkanes) is 33. The number of carbonyl (C=O) groups excluding carboxylic acids is 1. The molecule has 0 aliphatic rings. The van der Waals surface area contributed by atoms with E-state index in [9.17, 15) is 19.4 Å². The van der Waals surface area contributed by atoms with Crippen molar-refractivity contribution >= 4 is 13.7 Å². The van der Waals surface area contributed by atoms with E-state index in [2.05, 4.69) is 55.6 Å². The zero-order valence-corrected chi connectivity index (χ0v) is 45.8. The molecule has 0 aromatic rings. The molecule has 0 spiro atoms. The van der Waals surface area contributed by atoms with E-state index < -0.39 is 20.0 Å². The van der Waals surface area contributed by atoms with E-state index in [4.69, 9.17) is 9.05 Å². The van der Waals surface area contributed by atoms with E-state index >= 15 is 0 Å². The lowest BCUT2D eigenvalue weighted by atomic mass is 10.0. The fraction of sp³-hybridized carbons (Fsp3) is 0.845. The second-order valence-corrected chi connectivity index (χ2v) is 22.1. The minimum atomic E-state index is -4.35. The van der Waals surface area contributed by atoms with E-state index in [0.29, 0.717) is 17.4 Å². The number of aliphatic hydroxyl groups is 1. The monoisotopic (exact) mass is 964 g/mol. The highest BCUT2D eigenvalue weighted by Gasteiger charge is 2.27. The average Bonchev–Trinajstić information content (AvgIpc) is 3.29. The summed E-state index contributed by atoms with van der Waals surface area (Å²) in [6.45, 7) is 4.79. The van der Waals surface area contributed by atoms with E-state index in [0.717, 1.165) is 44.9 Å². The van der Waals surface area contributed by atoms with Crippen molar-refractivity contribution in [3.63, 3.8) is 0 Å². The van der Waals surface area contributed by atoms with Gasteiger partial charge in [-0.2, -0.15) is 0 Å². The van der Waals surface area contributed by atoms with Crippen molar-refractivity contribution in [3.8, 4) is 0 Å². The van der Waals surface area contributed by atoms with Gasteiger partial charge in [0.15, 0.2) is 0 Å². The maximum absolute atomic E-state index is 12.9. The number of phosphoric acid groups is 1. The third-order valence-corrected chi connectivity index (χ3v) is 13.8. The van der Waals surface area contributed by atoms with Gasteiger partial charge in [-0.25, -0.2) is 4.57 Å². The van der Waals surface area contributed by atoms with Crippen LogP contribution < -0.4 is 5.32 Å². The molecule has 0 fully saturated rings. The normalized spacial score (nSPS) is 14.3. The Kier molecular flexibility index (Phi) is 48.3. The summed E-state index contributed by atoms with van der Waals surface area (Å²) in [5.41, 5.74) is 0. The standard InChI is InChI=1S/C58H111N2O6P/c1-6-8-10-12-14-16-18-20-21-22-23-24-25-26-27-28-29-30-31-32-33-34-35-36-37-38-39-40-42-44-46-48-50-52-58(62)59-56(55-66-67(63,64)65-54-53-60(3,4)5)57(61)51-49-47-45-43-41-19-17-15-13-11-9-7-2/h23-24,26-27,41,43,49,51,56-57,61H,6-22,25,28-40,42,44-48,50,52-55H2,1-5H3,(H-,59,62,63,64)/p+1/b24-23-,27-26-,43-41+,51-49+. The quantitative estimate of drug-likeness (QED) is 0.0243. The summed E-state index contributed by atoms with van der Waals surface area (Å²) >= 11 is 0. The molecule has 0 bridgehead atoms. The van der Waals surface area contributed by atoms with Crippen LogP contribution in [0.25, 0.3) is 0 Å². The van der Waals surface area contributed by atoms with Crippen molar-refractivity contribution in [2.45, 2.75) is 276 Å². The molecule has 0 aromatic heterocycles. The lowest BCUT2D eigenvalue weighted by molar-refractivity contribution is -0.870. The zero-order chi connectivity index (χ0) is 49.2. The highest BCUT2D eigenvalue weighted by atomic mass is 31.2. The van der Waals surface area contributed by atoms with Gasteiger partial charge in [0.05, 0.1) is 39.9 Å². The van der Waals surface area contributed by atoms with Gasteiger partial charge in [-0.05, 0) is 64.2 Å². The van der Waals surface area contributed by atoms with Gasteiger partial charge in [-0.3, -0.25) is 13.8 Å². The number of hydrogen-bond donors (Lipinski definition) is 3. The molecule has 0 heterocycles. The molecular formula is C58H112N2O6P+. The Balaban J connectivity index is 4.01. The summed E-state index contributed by atoms with van der Waals surface area (Å²) in [4.78, 5) is 23.2. The van der Waals surface area contributed by atoms with Gasteiger partial charge in [0, 0.05) is 6.42 Å². The van der Waals surface area contributed by atoms with Gasteiger partial charge in [0.1, 0.15) is 13.2 Å². The van der Waals surface area contributed by atoms with Crippen LogP contribution in [0.15, 0.2) is 48.6 Å². The third kappa shape index (κ3) is 52.1. The molecule has 0 saturated carbocycles. The van der Waals surface area contributed by atoms with Crippen molar-refractivity contribution in [3.05, 3.63) is 48.6 Å². The summed E-state index contributed by atoms with van der Waals surface area (Å²) in [6.07, 6.45) is 65.2. The molecule has 0 radical (unpaired) electrons. The van der Waals surface area contributed by atoms with Crippen molar-refractivity contribution in [2.24, 2.45) is 0 Å². The van der Waals surface area contributed by atoms with Crippen LogP contribution in [0.4, 0.5) is 0 Å². The second-order valence-electron chi connectivity index (χ2n) is 20.7. The molecule has 67 heavy (non-hydrogen) atoms. The molecule has 3 N–H and O–H groups in total. The maximum atomic E-state index is 12.9. The Hall–Kier alpha value is -1.54. The lowest BCUT2D eigenvalue weighted by Gasteiger charge is -2.25. The van der Waals surface area contributed by atoms with Crippen LogP contribution in [-0.4, -0.2) is 73.4 Å². The Morgan fingerprint density at radius 1 is 0.507 bits per heavy atom. The number of likely N-dealkylation sites (N-methyl/N-ethyl adjacent to an activating group) is 1. The SMILES string of the molecule is CCCCCCCC/C=C/CC/C=C/C(O)C(COP(=O)(O)OCC[N+](C)(C)C)NC(=O)CCCCCCCCCCCCCCCCCCC/C=C\C/C=C\CCCCCCCCCCC. The first-order valence-electron chi connectivity index (χ1n) is 28.5. The first-order chi connectivity index (χ1) is 32.5. The smallest absolute Gasteiger partial charge is 0.387 e. The summed E-state index contributed by atoms with van der Waals surface area (Å²) < 4.78 is 23.6. The van der Waals surface area contributed by atoms with Crippen LogP contribution in [0.2, 0.25) is 0 Å². The fourth-order valence-electron chi connectivity index (χ4n) is 8.27. The van der Waals surface area contributed by atoms with Crippen LogP contribution >= 0.6 is 7.82 Å². The van der Waals surface area contributed by atoms with Crippen molar-refractivity contribution in [2.75, 3.05) is 40.9 Å². The van der Waals surface area contributed by atoms with Crippen LogP contribution in [0.3, 0.4) is 0 Å². The Morgan fingerprint density at radius 2 is 0.866 bits per heavy atom. The van der Waals surface area contributed by atoms with Gasteiger partial charge in [-0.15, -0.1) is 0 Å². The van der Waals surface area contributed by atoms with E-state index in [1.54, 1.807) is 6.08 Å². The number of rotatable bonds is 52. The van der Waals surface area contributed by atoms with Crippen molar-refractivity contribution in [1.82, 2.24) is 5.32 Å². The molecule has 8 nitrogen and oxygen atoms in total. The number of nitrogens with one attached hydrogen (secondary N) is 1. The molecule has 3 atom stereocenters. The van der Waals surface area contributed by atoms with E-state index in [1.807, 2.05) is 27.2 Å². The van der Waals surface area contributed by atoms with Crippen molar-refractivity contribution < 1.29 is 32.9 Å². The number of allylic oxidation sites excluding steroid dienone is 7. The average molecular weight is 965 g/mol. The number of amides is 1. The van der Waals surface area contributed by atoms with Gasteiger partial charge >= 0.3 is 7.82 Å². The summed E-state index contributed by atoms with van der Waals surface area (Å²) in [5, 5.41) is 13.8. The van der Waals surface area contributed by atoms with Crippen LogP contribution in [-0.2, 0) is 18.4 Å². The Labute approximate surface area is 416 Å². The first-order valence-corrected chi connectivity index (χ1v) is 30.0. The molecule has 394 valence electrons. The maximum Gasteiger partial charge on any atom is 0.472 e. The zero-order valence-electron chi connectivity index (χ0n) is 44.9. The predicted molar refractivity (Wildman–Crippen MR) is 291 cm³/mol. The first kappa shape index (κ1) is 65.5. The summed E-state index contributed by atoms with van der Waals surface area (Å²) in [6, 6.07) is -0.862. The highest BCUT2D eigenvalue weighted by Crippen LogP contribution is 2.43. The topological polar surface area (TPSA) is 105 Å². The largest absolute Gasteiger partial charge is 0.472 e. The molecule has 0 saturated heterocycles. The van der Waals surface area contributed by atoms with E-state index in [-0.39, 0.29) is 19.1 Å². The Bertz CT molecular complexity index is 1230. The third-order valence-electron chi connectivity index (χ3n) is 12.8. The number of nitrogens with zero attached hydrogens (tertiary/aromatic N) is 1. The lowest BCUT2D eigenvalue weighted by Crippen LogP contribution is -2.45. The van der Waals surface area contributed by atoms with Gasteiger partial charge in [0.2, 0.25) is 5.91 Å². The molecule has 0 aromatic carbocycles. The van der Waals surface area contributed by atoms with Gasteiger partial charge in [-0.1, -0.05) is 242 Å². The highest BCUT2D eigenvalue weighted by molar-refractivity contribution is 7.47. The molecule has 0 rings (SSSR count). The molecule has 1 amide bonds. The molecular weight excluding hydrogens is 852 g/mol. The number of carbonyl (C=O) groups is 1. The molecule has 0 aliphatic carbocycles. The second kappa shape index (κ2) is 49.4. The molecule has 9 heteroatoms. The molecule has 0 aliphatic heterocycles. The predicted octanol–water partition coefficient (Wildman–Crippen LogP) is 17.2. The fourth-order valence-corrected chi connectivity index (χ4v) is 9.00. The van der Waals surface area contributed by atoms with Crippen LogP contribution in [0.1, 0.15) is 264 Å².